The summed E-state index contributed by atoms with van der Waals surface area (Å²) in [6, 6.07) is 16.4. The molecule has 0 radical (unpaired) electrons. The van der Waals surface area contributed by atoms with Gasteiger partial charge in [0.15, 0.2) is 0 Å². The highest BCUT2D eigenvalue weighted by Gasteiger charge is 2.26. The molecule has 2 aromatic carbocycles. The number of carbonyl (C=O) groups is 2. The van der Waals surface area contributed by atoms with Gasteiger partial charge in [-0.1, -0.05) is 61.0 Å². The highest BCUT2D eigenvalue weighted by atomic mass is 35.5. The molecule has 144 valence electrons. The second-order valence-electron chi connectivity index (χ2n) is 6.81. The number of hydrogen-bond acceptors (Lipinski definition) is 2. The SMILES string of the molecule is CC[C@@H](C)NC(=O)[C@H](C)N(Cc1cccc(Cl)c1)C(=O)Cc1ccccc1. The predicted octanol–water partition coefficient (Wildman–Crippen LogP) is 4.21. The molecule has 0 spiro atoms. The molecule has 0 aliphatic heterocycles. The Morgan fingerprint density at radius 1 is 1.04 bits per heavy atom. The van der Waals surface area contributed by atoms with Gasteiger partial charge in [0.2, 0.25) is 11.8 Å². The van der Waals surface area contributed by atoms with Crippen LogP contribution >= 0.6 is 11.6 Å². The summed E-state index contributed by atoms with van der Waals surface area (Å²) in [5.41, 5.74) is 1.82. The molecule has 0 heterocycles. The second-order valence-corrected chi connectivity index (χ2v) is 7.24. The third-order valence-electron chi connectivity index (χ3n) is 4.61. The largest absolute Gasteiger partial charge is 0.352 e. The van der Waals surface area contributed by atoms with Crippen LogP contribution in [0.3, 0.4) is 0 Å². The molecule has 0 aromatic heterocycles. The van der Waals surface area contributed by atoms with E-state index in [1.165, 1.54) is 0 Å². The first-order chi connectivity index (χ1) is 12.9. The number of amides is 2. The minimum absolute atomic E-state index is 0.0668. The van der Waals surface area contributed by atoms with Gasteiger partial charge in [-0.2, -0.15) is 0 Å². The van der Waals surface area contributed by atoms with E-state index >= 15 is 0 Å². The van der Waals surface area contributed by atoms with Crippen LogP contribution in [0, 0.1) is 0 Å². The van der Waals surface area contributed by atoms with Gasteiger partial charge in [-0.15, -0.1) is 0 Å². The quantitative estimate of drug-likeness (QED) is 0.738. The number of halogens is 1. The van der Waals surface area contributed by atoms with Gasteiger partial charge in [0.05, 0.1) is 6.42 Å². The molecule has 4 nitrogen and oxygen atoms in total. The number of nitrogens with zero attached hydrogens (tertiary/aromatic N) is 1. The summed E-state index contributed by atoms with van der Waals surface area (Å²) < 4.78 is 0. The highest BCUT2D eigenvalue weighted by molar-refractivity contribution is 6.30. The summed E-state index contributed by atoms with van der Waals surface area (Å²) in [6.07, 6.45) is 1.09. The molecule has 2 amide bonds. The van der Waals surface area contributed by atoms with Crippen LogP contribution in [0.15, 0.2) is 54.6 Å². The van der Waals surface area contributed by atoms with Crippen molar-refractivity contribution in [2.24, 2.45) is 0 Å². The summed E-state index contributed by atoms with van der Waals surface area (Å²) >= 11 is 6.08. The molecular weight excluding hydrogens is 360 g/mol. The lowest BCUT2D eigenvalue weighted by atomic mass is 10.1. The van der Waals surface area contributed by atoms with Crippen LogP contribution in [0.4, 0.5) is 0 Å². The zero-order valence-electron chi connectivity index (χ0n) is 16.1. The van der Waals surface area contributed by atoms with E-state index in [9.17, 15) is 9.59 Å². The fourth-order valence-corrected chi connectivity index (χ4v) is 2.97. The van der Waals surface area contributed by atoms with Crippen molar-refractivity contribution >= 4 is 23.4 Å². The third-order valence-corrected chi connectivity index (χ3v) is 4.84. The van der Waals surface area contributed by atoms with Gasteiger partial charge in [-0.25, -0.2) is 0 Å². The molecule has 2 aromatic rings. The van der Waals surface area contributed by atoms with Crippen LogP contribution < -0.4 is 5.32 Å². The maximum Gasteiger partial charge on any atom is 0.242 e. The Morgan fingerprint density at radius 3 is 2.33 bits per heavy atom. The van der Waals surface area contributed by atoms with Crippen molar-refractivity contribution in [2.45, 2.75) is 52.2 Å². The Labute approximate surface area is 166 Å². The Morgan fingerprint density at radius 2 is 1.70 bits per heavy atom. The van der Waals surface area contributed by atoms with Crippen molar-refractivity contribution < 1.29 is 9.59 Å². The van der Waals surface area contributed by atoms with Crippen LogP contribution in [0.25, 0.3) is 0 Å². The van der Waals surface area contributed by atoms with Crippen LogP contribution in [0.1, 0.15) is 38.3 Å². The van der Waals surface area contributed by atoms with E-state index < -0.39 is 6.04 Å². The summed E-state index contributed by atoms with van der Waals surface area (Å²) in [7, 11) is 0. The van der Waals surface area contributed by atoms with E-state index in [4.69, 9.17) is 11.6 Å². The van der Waals surface area contributed by atoms with E-state index in [0.717, 1.165) is 17.5 Å². The third kappa shape index (κ3) is 6.40. The molecular formula is C22H27ClN2O2. The maximum atomic E-state index is 13.0. The molecule has 0 saturated heterocycles. The zero-order valence-corrected chi connectivity index (χ0v) is 16.9. The first-order valence-electron chi connectivity index (χ1n) is 9.29. The Balaban J connectivity index is 2.21. The summed E-state index contributed by atoms with van der Waals surface area (Å²) in [5.74, 6) is -0.235. The van der Waals surface area contributed by atoms with Crippen LogP contribution in [-0.4, -0.2) is 28.8 Å². The number of hydrogen-bond donors (Lipinski definition) is 1. The Bertz CT molecular complexity index is 764. The molecule has 2 rings (SSSR count). The lowest BCUT2D eigenvalue weighted by Crippen LogP contribution is -2.49. The number of nitrogens with one attached hydrogen (secondary N) is 1. The highest BCUT2D eigenvalue weighted by Crippen LogP contribution is 2.16. The topological polar surface area (TPSA) is 49.4 Å². The monoisotopic (exact) mass is 386 g/mol. The second kappa shape index (κ2) is 10.1. The molecule has 1 N–H and O–H groups in total. The average molecular weight is 387 g/mol. The maximum absolute atomic E-state index is 13.0. The van der Waals surface area contributed by atoms with Gasteiger partial charge in [-0.3, -0.25) is 9.59 Å². The van der Waals surface area contributed by atoms with Crippen molar-refractivity contribution in [3.05, 3.63) is 70.7 Å². The van der Waals surface area contributed by atoms with Crippen molar-refractivity contribution in [3.8, 4) is 0 Å². The molecule has 0 bridgehead atoms. The van der Waals surface area contributed by atoms with Gasteiger partial charge in [0, 0.05) is 17.6 Å². The van der Waals surface area contributed by atoms with Crippen molar-refractivity contribution in [2.75, 3.05) is 0 Å². The summed E-state index contributed by atoms with van der Waals surface area (Å²) in [5, 5.41) is 3.58. The first kappa shape index (κ1) is 21.0. The van der Waals surface area contributed by atoms with E-state index in [1.807, 2.05) is 62.4 Å². The smallest absolute Gasteiger partial charge is 0.242 e. The fourth-order valence-electron chi connectivity index (χ4n) is 2.75. The van der Waals surface area contributed by atoms with Gasteiger partial charge in [0.25, 0.3) is 0 Å². The van der Waals surface area contributed by atoms with Gasteiger partial charge in [0.1, 0.15) is 6.04 Å². The van der Waals surface area contributed by atoms with Gasteiger partial charge < -0.3 is 10.2 Å². The van der Waals surface area contributed by atoms with Crippen molar-refractivity contribution in [1.82, 2.24) is 10.2 Å². The van der Waals surface area contributed by atoms with Crippen LogP contribution in [-0.2, 0) is 22.6 Å². The molecule has 5 heteroatoms. The fraction of sp³-hybridized carbons (Fsp3) is 0.364. The molecule has 0 aliphatic carbocycles. The van der Waals surface area contributed by atoms with E-state index in [0.29, 0.717) is 11.6 Å². The summed E-state index contributed by atoms with van der Waals surface area (Å²) in [6.45, 7) is 6.07. The van der Waals surface area contributed by atoms with Crippen molar-refractivity contribution in [1.29, 1.82) is 0 Å². The summed E-state index contributed by atoms with van der Waals surface area (Å²) in [4.78, 5) is 27.3. The first-order valence-corrected chi connectivity index (χ1v) is 9.66. The molecule has 0 aliphatic rings. The van der Waals surface area contributed by atoms with E-state index in [2.05, 4.69) is 5.32 Å². The standard InChI is InChI=1S/C22H27ClN2O2/c1-4-16(2)24-22(27)17(3)25(15-19-11-8-12-20(23)13-19)21(26)14-18-9-6-5-7-10-18/h5-13,16-17H,4,14-15H2,1-3H3,(H,24,27)/t16-,17+/m1/s1. The number of benzene rings is 2. The average Bonchev–Trinajstić information content (AvgIpc) is 2.66. The Hall–Kier alpha value is -2.33. The molecule has 27 heavy (non-hydrogen) atoms. The lowest BCUT2D eigenvalue weighted by Gasteiger charge is -2.30. The minimum Gasteiger partial charge on any atom is -0.352 e. The molecule has 0 unspecified atom stereocenters. The van der Waals surface area contributed by atoms with Gasteiger partial charge in [-0.05, 0) is 43.5 Å². The van der Waals surface area contributed by atoms with E-state index in [-0.39, 0.29) is 24.3 Å². The molecule has 2 atom stereocenters. The van der Waals surface area contributed by atoms with Crippen LogP contribution in [0.5, 0.6) is 0 Å². The predicted molar refractivity (Wildman–Crippen MR) is 110 cm³/mol. The normalized spacial score (nSPS) is 12.9. The lowest BCUT2D eigenvalue weighted by molar-refractivity contribution is -0.140. The number of rotatable bonds is 8. The molecule has 0 fully saturated rings. The van der Waals surface area contributed by atoms with Gasteiger partial charge >= 0.3 is 0 Å². The Kier molecular flexibility index (Phi) is 7.86. The number of carbonyl (C=O) groups excluding carboxylic acids is 2. The molecule has 0 saturated carbocycles. The minimum atomic E-state index is -0.575. The van der Waals surface area contributed by atoms with Crippen molar-refractivity contribution in [3.63, 3.8) is 0 Å². The zero-order chi connectivity index (χ0) is 19.8. The van der Waals surface area contributed by atoms with Crippen LogP contribution in [0.2, 0.25) is 5.02 Å². The van der Waals surface area contributed by atoms with E-state index in [1.54, 1.807) is 17.9 Å².